The molecule has 0 radical (unpaired) electrons. The monoisotopic (exact) mass is 385 g/mol. The maximum Gasteiger partial charge on any atom is 0.336 e. The lowest BCUT2D eigenvalue weighted by Crippen LogP contribution is -2.02. The summed E-state index contributed by atoms with van der Waals surface area (Å²) in [5.41, 5.74) is 3.61. The third-order valence-corrected chi connectivity index (χ3v) is 4.77. The van der Waals surface area contributed by atoms with E-state index in [-0.39, 0.29) is 5.56 Å². The Morgan fingerprint density at radius 1 is 1.08 bits per heavy atom. The van der Waals surface area contributed by atoms with Gasteiger partial charge in [0, 0.05) is 15.8 Å². The molecular formula is C20H13Cl2NO3. The van der Waals surface area contributed by atoms with Crippen LogP contribution in [-0.4, -0.2) is 16.1 Å². The van der Waals surface area contributed by atoms with Crippen LogP contribution in [0, 0.1) is 13.8 Å². The van der Waals surface area contributed by atoms with Gasteiger partial charge in [0.1, 0.15) is 5.69 Å². The molecule has 0 amide bonds. The van der Waals surface area contributed by atoms with Gasteiger partial charge in [-0.3, -0.25) is 0 Å². The van der Waals surface area contributed by atoms with Crippen LogP contribution in [0.1, 0.15) is 21.5 Å². The number of aromatic nitrogens is 1. The first-order valence-electron chi connectivity index (χ1n) is 7.88. The maximum atomic E-state index is 11.8. The molecule has 0 bridgehead atoms. The molecule has 0 aliphatic rings. The Hall–Kier alpha value is -2.56. The lowest BCUT2D eigenvalue weighted by atomic mass is 10.00. The van der Waals surface area contributed by atoms with Crippen molar-refractivity contribution in [3.63, 3.8) is 0 Å². The first-order valence-corrected chi connectivity index (χ1v) is 8.63. The standard InChI is InChI=1S/C20H13Cl2NO3/c1-9-3-10(2)18-13(20(24)25)8-15(23-16(18)4-9)17-6-11-5-12(21)7-14(22)19(11)26-17/h3-8H,1-2H3,(H,24,25). The largest absolute Gasteiger partial charge is 0.478 e. The Morgan fingerprint density at radius 2 is 1.85 bits per heavy atom. The molecular weight excluding hydrogens is 373 g/mol. The number of hydrogen-bond donors (Lipinski definition) is 1. The van der Waals surface area contributed by atoms with Crippen molar-refractivity contribution >= 4 is 51.0 Å². The van der Waals surface area contributed by atoms with Crippen LogP contribution in [0.15, 0.2) is 40.8 Å². The van der Waals surface area contributed by atoms with E-state index in [1.54, 1.807) is 18.2 Å². The summed E-state index contributed by atoms with van der Waals surface area (Å²) >= 11 is 12.2. The lowest BCUT2D eigenvalue weighted by Gasteiger charge is -2.09. The van der Waals surface area contributed by atoms with E-state index in [1.807, 2.05) is 26.0 Å². The van der Waals surface area contributed by atoms with Crippen LogP contribution in [-0.2, 0) is 0 Å². The fourth-order valence-electron chi connectivity index (χ4n) is 3.25. The van der Waals surface area contributed by atoms with E-state index in [9.17, 15) is 9.90 Å². The van der Waals surface area contributed by atoms with Crippen molar-refractivity contribution in [2.45, 2.75) is 13.8 Å². The van der Waals surface area contributed by atoms with E-state index in [1.165, 1.54) is 6.07 Å². The fraction of sp³-hybridized carbons (Fsp3) is 0.100. The van der Waals surface area contributed by atoms with Gasteiger partial charge in [-0.15, -0.1) is 0 Å². The zero-order valence-electron chi connectivity index (χ0n) is 13.9. The van der Waals surface area contributed by atoms with Gasteiger partial charge in [0.15, 0.2) is 11.3 Å². The number of benzene rings is 2. The summed E-state index contributed by atoms with van der Waals surface area (Å²) in [5, 5.41) is 11.9. The molecule has 2 aromatic carbocycles. The quantitative estimate of drug-likeness (QED) is 0.441. The molecule has 0 fully saturated rings. The molecule has 0 saturated carbocycles. The highest BCUT2D eigenvalue weighted by Crippen LogP contribution is 2.35. The molecule has 0 spiro atoms. The molecule has 6 heteroatoms. The molecule has 4 nitrogen and oxygen atoms in total. The van der Waals surface area contributed by atoms with Crippen molar-refractivity contribution in [1.82, 2.24) is 4.98 Å². The topological polar surface area (TPSA) is 63.3 Å². The highest BCUT2D eigenvalue weighted by Gasteiger charge is 2.18. The summed E-state index contributed by atoms with van der Waals surface area (Å²) in [4.78, 5) is 16.4. The number of carboxylic acid groups (broad SMARTS) is 1. The van der Waals surface area contributed by atoms with E-state index in [4.69, 9.17) is 27.6 Å². The Balaban J connectivity index is 2.03. The van der Waals surface area contributed by atoms with Crippen molar-refractivity contribution in [3.8, 4) is 11.5 Å². The first-order chi connectivity index (χ1) is 12.3. The van der Waals surface area contributed by atoms with Crippen molar-refractivity contribution in [3.05, 3.63) is 63.1 Å². The molecule has 0 unspecified atom stereocenters. The fourth-order valence-corrected chi connectivity index (χ4v) is 3.80. The normalized spacial score (nSPS) is 11.4. The average Bonchev–Trinajstić information content (AvgIpc) is 2.97. The van der Waals surface area contributed by atoms with E-state index in [2.05, 4.69) is 4.98 Å². The van der Waals surface area contributed by atoms with Crippen LogP contribution >= 0.6 is 23.2 Å². The first kappa shape index (κ1) is 16.9. The van der Waals surface area contributed by atoms with E-state index in [0.29, 0.717) is 38.0 Å². The second kappa shape index (κ2) is 6.01. The van der Waals surface area contributed by atoms with E-state index >= 15 is 0 Å². The minimum absolute atomic E-state index is 0.187. The van der Waals surface area contributed by atoms with E-state index < -0.39 is 5.97 Å². The van der Waals surface area contributed by atoms with Crippen LogP contribution in [0.4, 0.5) is 0 Å². The number of aryl methyl sites for hydroxylation is 2. The van der Waals surface area contributed by atoms with Gasteiger partial charge in [-0.05, 0) is 55.3 Å². The number of hydrogen-bond acceptors (Lipinski definition) is 3. The number of fused-ring (bicyclic) bond motifs is 2. The summed E-state index contributed by atoms with van der Waals surface area (Å²) in [7, 11) is 0. The number of furan rings is 1. The van der Waals surface area contributed by atoms with Crippen molar-refractivity contribution < 1.29 is 14.3 Å². The van der Waals surface area contributed by atoms with Gasteiger partial charge in [-0.25, -0.2) is 9.78 Å². The van der Waals surface area contributed by atoms with Crippen LogP contribution in [0.2, 0.25) is 10.0 Å². The predicted molar refractivity (Wildman–Crippen MR) is 103 cm³/mol. The third-order valence-electron chi connectivity index (χ3n) is 4.27. The van der Waals surface area contributed by atoms with Gasteiger partial charge in [0.25, 0.3) is 0 Å². The lowest BCUT2D eigenvalue weighted by molar-refractivity contribution is 0.0699. The summed E-state index contributed by atoms with van der Waals surface area (Å²) in [5.74, 6) is -0.574. The molecule has 26 heavy (non-hydrogen) atoms. The summed E-state index contributed by atoms with van der Waals surface area (Å²) in [6.07, 6.45) is 0. The summed E-state index contributed by atoms with van der Waals surface area (Å²) in [6, 6.07) is 10.4. The van der Waals surface area contributed by atoms with Crippen LogP contribution in [0.3, 0.4) is 0 Å². The highest BCUT2D eigenvalue weighted by molar-refractivity contribution is 6.38. The van der Waals surface area contributed by atoms with E-state index in [0.717, 1.165) is 16.5 Å². The minimum atomic E-state index is -1.01. The Labute approximate surface area is 159 Å². The number of aromatic carboxylic acids is 1. The van der Waals surface area contributed by atoms with Crippen molar-refractivity contribution in [1.29, 1.82) is 0 Å². The number of carboxylic acids is 1. The number of nitrogens with zero attached hydrogens (tertiary/aromatic N) is 1. The second-order valence-electron chi connectivity index (χ2n) is 6.25. The van der Waals surface area contributed by atoms with Crippen molar-refractivity contribution in [2.75, 3.05) is 0 Å². The molecule has 0 saturated heterocycles. The zero-order chi connectivity index (χ0) is 18.6. The van der Waals surface area contributed by atoms with Gasteiger partial charge < -0.3 is 9.52 Å². The Morgan fingerprint density at radius 3 is 2.58 bits per heavy atom. The number of halogens is 2. The molecule has 1 N–H and O–H groups in total. The summed E-state index contributed by atoms with van der Waals surface area (Å²) in [6.45, 7) is 3.83. The number of rotatable bonds is 2. The zero-order valence-corrected chi connectivity index (χ0v) is 15.4. The van der Waals surface area contributed by atoms with Gasteiger partial charge in [0.05, 0.1) is 16.1 Å². The van der Waals surface area contributed by atoms with Gasteiger partial charge >= 0.3 is 5.97 Å². The molecule has 0 aliphatic heterocycles. The molecule has 2 heterocycles. The Bertz CT molecular complexity index is 1210. The van der Waals surface area contributed by atoms with Gasteiger partial charge in [0.2, 0.25) is 0 Å². The number of pyridine rings is 1. The molecule has 130 valence electrons. The summed E-state index contributed by atoms with van der Waals surface area (Å²) < 4.78 is 5.84. The van der Waals surface area contributed by atoms with Crippen LogP contribution in [0.5, 0.6) is 0 Å². The molecule has 2 aromatic heterocycles. The molecule has 0 aliphatic carbocycles. The molecule has 4 rings (SSSR count). The van der Waals surface area contributed by atoms with Crippen molar-refractivity contribution in [2.24, 2.45) is 0 Å². The second-order valence-corrected chi connectivity index (χ2v) is 7.10. The Kier molecular flexibility index (Phi) is 3.90. The van der Waals surface area contributed by atoms with Gasteiger partial charge in [-0.2, -0.15) is 0 Å². The SMILES string of the molecule is Cc1cc(C)c2c(C(=O)O)cc(-c3cc4cc(Cl)cc(Cl)c4o3)nc2c1. The molecule has 4 aromatic rings. The number of carbonyl (C=O) groups is 1. The third kappa shape index (κ3) is 2.71. The molecule has 0 atom stereocenters. The predicted octanol–water partition coefficient (Wildman–Crippen LogP) is 6.27. The average molecular weight is 386 g/mol. The van der Waals surface area contributed by atoms with Crippen LogP contribution < -0.4 is 0 Å². The highest BCUT2D eigenvalue weighted by atomic mass is 35.5. The maximum absolute atomic E-state index is 11.8. The van der Waals surface area contributed by atoms with Gasteiger partial charge in [-0.1, -0.05) is 29.3 Å². The van der Waals surface area contributed by atoms with Crippen LogP contribution in [0.25, 0.3) is 33.3 Å². The minimum Gasteiger partial charge on any atom is -0.478 e. The smallest absolute Gasteiger partial charge is 0.336 e.